The third-order valence-corrected chi connectivity index (χ3v) is 4.87. The Balaban J connectivity index is 1.51. The Labute approximate surface area is 137 Å². The molecule has 0 spiro atoms. The van der Waals surface area contributed by atoms with Gasteiger partial charge in [-0.2, -0.15) is 0 Å². The Morgan fingerprint density at radius 1 is 1.43 bits per heavy atom. The van der Waals surface area contributed by atoms with Crippen LogP contribution in [0, 0.1) is 11.2 Å². The molecule has 1 aromatic heterocycles. The minimum atomic E-state index is -0.323. The third-order valence-electron chi connectivity index (χ3n) is 3.96. The maximum absolute atomic E-state index is 13.2. The molecule has 2 aromatic rings. The minimum Gasteiger partial charge on any atom is -0.396 e. The van der Waals surface area contributed by atoms with Gasteiger partial charge in [-0.05, 0) is 30.5 Å². The second-order valence-electron chi connectivity index (χ2n) is 5.90. The Hall–Kier alpha value is -1.99. The van der Waals surface area contributed by atoms with Gasteiger partial charge in [-0.25, -0.2) is 14.2 Å². The first-order chi connectivity index (χ1) is 11.1. The van der Waals surface area contributed by atoms with Gasteiger partial charge in [0.15, 0.2) is 5.13 Å². The number of rotatable bonds is 6. The van der Waals surface area contributed by atoms with Crippen LogP contribution in [0.1, 0.15) is 23.3 Å². The molecule has 23 heavy (non-hydrogen) atoms. The number of amides is 2. The van der Waals surface area contributed by atoms with Crippen LogP contribution < -0.4 is 10.6 Å². The van der Waals surface area contributed by atoms with Gasteiger partial charge in [-0.15, -0.1) is 11.3 Å². The first-order valence-electron chi connectivity index (χ1n) is 7.43. The number of hydrogen-bond acceptors (Lipinski definition) is 4. The zero-order valence-electron chi connectivity index (χ0n) is 12.5. The van der Waals surface area contributed by atoms with Crippen LogP contribution in [0.3, 0.4) is 0 Å². The zero-order chi connectivity index (χ0) is 16.3. The number of thiazole rings is 1. The minimum absolute atomic E-state index is 0.0995. The third kappa shape index (κ3) is 4.27. The largest absolute Gasteiger partial charge is 0.396 e. The molecule has 1 aliphatic rings. The number of benzene rings is 1. The molecule has 0 bridgehead atoms. The Bertz CT molecular complexity index is 700. The topological polar surface area (TPSA) is 74.2 Å². The van der Waals surface area contributed by atoms with Crippen LogP contribution in [-0.2, 0) is 6.42 Å². The lowest BCUT2D eigenvalue weighted by atomic mass is 10.1. The molecular weight excluding hydrogens is 317 g/mol. The van der Waals surface area contributed by atoms with Crippen molar-refractivity contribution in [1.29, 1.82) is 0 Å². The number of aliphatic hydroxyl groups is 1. The van der Waals surface area contributed by atoms with Crippen LogP contribution in [0.25, 0.3) is 0 Å². The lowest BCUT2D eigenvalue weighted by Gasteiger charge is -2.12. The number of hydrogen-bond donors (Lipinski definition) is 3. The van der Waals surface area contributed by atoms with E-state index in [9.17, 15) is 14.3 Å². The Kier molecular flexibility index (Phi) is 4.58. The van der Waals surface area contributed by atoms with Gasteiger partial charge >= 0.3 is 6.03 Å². The smallest absolute Gasteiger partial charge is 0.321 e. The lowest BCUT2D eigenvalue weighted by molar-refractivity contribution is 0.206. The van der Waals surface area contributed by atoms with Crippen molar-refractivity contribution in [2.24, 2.45) is 5.41 Å². The van der Waals surface area contributed by atoms with E-state index < -0.39 is 0 Å². The number of urea groups is 1. The summed E-state index contributed by atoms with van der Waals surface area (Å²) in [7, 11) is 0. The Morgan fingerprint density at radius 3 is 2.96 bits per heavy atom. The molecule has 7 heteroatoms. The van der Waals surface area contributed by atoms with Crippen LogP contribution in [0.2, 0.25) is 0 Å². The molecule has 0 aliphatic heterocycles. The first kappa shape index (κ1) is 15.9. The van der Waals surface area contributed by atoms with Gasteiger partial charge < -0.3 is 10.4 Å². The SMILES string of the molecule is O=C(NCC1(CO)CC1)Nc1ncc(Cc2cccc(F)c2)s1. The number of anilines is 1. The quantitative estimate of drug-likeness (QED) is 0.760. The van der Waals surface area contributed by atoms with Crippen LogP contribution in [-0.4, -0.2) is 29.3 Å². The average Bonchev–Trinajstić information content (AvgIpc) is 3.20. The highest BCUT2D eigenvalue weighted by molar-refractivity contribution is 7.15. The molecule has 0 unspecified atom stereocenters. The normalized spacial score (nSPS) is 15.2. The van der Waals surface area contributed by atoms with Crippen molar-refractivity contribution in [1.82, 2.24) is 10.3 Å². The van der Waals surface area contributed by atoms with Gasteiger partial charge in [-0.3, -0.25) is 5.32 Å². The maximum atomic E-state index is 13.2. The van der Waals surface area contributed by atoms with E-state index in [1.54, 1.807) is 12.3 Å². The van der Waals surface area contributed by atoms with Gasteiger partial charge in [0.05, 0.1) is 6.61 Å². The van der Waals surface area contributed by atoms with E-state index in [1.807, 2.05) is 6.07 Å². The summed E-state index contributed by atoms with van der Waals surface area (Å²) in [6, 6.07) is 6.10. The van der Waals surface area contributed by atoms with E-state index in [0.29, 0.717) is 18.1 Å². The molecule has 0 atom stereocenters. The molecule has 5 nitrogen and oxygen atoms in total. The number of aromatic nitrogens is 1. The highest BCUT2D eigenvalue weighted by atomic mass is 32.1. The molecule has 2 amide bonds. The van der Waals surface area contributed by atoms with E-state index in [2.05, 4.69) is 15.6 Å². The number of aliphatic hydroxyl groups excluding tert-OH is 1. The molecule has 122 valence electrons. The van der Waals surface area contributed by atoms with Crippen LogP contribution in [0.15, 0.2) is 30.5 Å². The van der Waals surface area contributed by atoms with Gasteiger partial charge in [0, 0.05) is 29.5 Å². The van der Waals surface area contributed by atoms with Crippen molar-refractivity contribution in [2.45, 2.75) is 19.3 Å². The number of nitrogens with one attached hydrogen (secondary N) is 2. The van der Waals surface area contributed by atoms with E-state index in [-0.39, 0.29) is 23.9 Å². The van der Waals surface area contributed by atoms with Crippen molar-refractivity contribution in [3.8, 4) is 0 Å². The van der Waals surface area contributed by atoms with Gasteiger partial charge in [0.25, 0.3) is 0 Å². The van der Waals surface area contributed by atoms with E-state index in [0.717, 1.165) is 23.3 Å². The summed E-state index contributed by atoms with van der Waals surface area (Å²) < 4.78 is 13.2. The summed E-state index contributed by atoms with van der Waals surface area (Å²) >= 11 is 1.36. The fraction of sp³-hybridized carbons (Fsp3) is 0.375. The number of halogens is 1. The van der Waals surface area contributed by atoms with Crippen molar-refractivity contribution in [2.75, 3.05) is 18.5 Å². The van der Waals surface area contributed by atoms with Gasteiger partial charge in [-0.1, -0.05) is 12.1 Å². The van der Waals surface area contributed by atoms with Crippen LogP contribution in [0.4, 0.5) is 14.3 Å². The second-order valence-corrected chi connectivity index (χ2v) is 7.02. The Morgan fingerprint density at radius 2 is 2.26 bits per heavy atom. The molecule has 1 aromatic carbocycles. The van der Waals surface area contributed by atoms with Gasteiger partial charge in [0.1, 0.15) is 5.82 Å². The summed E-state index contributed by atoms with van der Waals surface area (Å²) in [5.74, 6) is -0.261. The first-order valence-corrected chi connectivity index (χ1v) is 8.25. The fourth-order valence-electron chi connectivity index (χ4n) is 2.27. The highest BCUT2D eigenvalue weighted by Gasteiger charge is 2.42. The molecule has 3 N–H and O–H groups in total. The second kappa shape index (κ2) is 6.64. The van der Waals surface area contributed by atoms with Crippen molar-refractivity contribution in [3.63, 3.8) is 0 Å². The van der Waals surface area contributed by atoms with Gasteiger partial charge in [0.2, 0.25) is 0 Å². The van der Waals surface area contributed by atoms with E-state index in [4.69, 9.17) is 0 Å². The molecule has 1 heterocycles. The molecule has 1 aliphatic carbocycles. The monoisotopic (exact) mass is 335 g/mol. The summed E-state index contributed by atoms with van der Waals surface area (Å²) in [5.41, 5.74) is 0.742. The molecule has 1 saturated carbocycles. The molecule has 3 rings (SSSR count). The van der Waals surface area contributed by atoms with Crippen molar-refractivity contribution in [3.05, 3.63) is 46.7 Å². The average molecular weight is 335 g/mol. The fourth-order valence-corrected chi connectivity index (χ4v) is 3.11. The van der Waals surface area contributed by atoms with E-state index in [1.165, 1.54) is 23.5 Å². The number of carbonyl (C=O) groups excluding carboxylic acids is 1. The van der Waals surface area contributed by atoms with Crippen LogP contribution >= 0.6 is 11.3 Å². The standard InChI is InChI=1S/C16H18FN3O2S/c17-12-3-1-2-11(6-12)7-13-8-18-15(23-13)20-14(22)19-9-16(10-21)4-5-16/h1-3,6,8,21H,4-5,7,9-10H2,(H2,18,19,20,22). The lowest BCUT2D eigenvalue weighted by Crippen LogP contribution is -2.35. The maximum Gasteiger partial charge on any atom is 0.321 e. The molecule has 1 fully saturated rings. The number of carbonyl (C=O) groups is 1. The highest BCUT2D eigenvalue weighted by Crippen LogP contribution is 2.44. The predicted octanol–water partition coefficient (Wildman–Crippen LogP) is 2.77. The zero-order valence-corrected chi connectivity index (χ0v) is 13.3. The van der Waals surface area contributed by atoms with E-state index >= 15 is 0 Å². The summed E-state index contributed by atoms with van der Waals surface area (Å²) in [6.45, 7) is 0.569. The van der Waals surface area contributed by atoms with Crippen molar-refractivity contribution < 1.29 is 14.3 Å². The summed E-state index contributed by atoms with van der Waals surface area (Å²) in [5, 5.41) is 15.2. The summed E-state index contributed by atoms with van der Waals surface area (Å²) in [4.78, 5) is 16.9. The summed E-state index contributed by atoms with van der Waals surface area (Å²) in [6.07, 6.45) is 4.14. The molecular formula is C16H18FN3O2S. The molecule has 0 saturated heterocycles. The van der Waals surface area contributed by atoms with Crippen molar-refractivity contribution >= 4 is 22.5 Å². The number of nitrogens with zero attached hydrogens (tertiary/aromatic N) is 1. The predicted molar refractivity (Wildman–Crippen MR) is 87.1 cm³/mol. The molecule has 0 radical (unpaired) electrons. The van der Waals surface area contributed by atoms with Crippen LogP contribution in [0.5, 0.6) is 0 Å².